The largest absolute Gasteiger partial charge is 0.384 e. The first-order valence-corrected chi connectivity index (χ1v) is 7.59. The zero-order valence-corrected chi connectivity index (χ0v) is 13.3. The van der Waals surface area contributed by atoms with Crippen LogP contribution in [0.1, 0.15) is 57.8 Å². The molecular weight excluding hydrogens is 270 g/mol. The summed E-state index contributed by atoms with van der Waals surface area (Å²) in [7, 11) is 1.63. The van der Waals surface area contributed by atoms with E-state index in [9.17, 15) is 4.79 Å². The van der Waals surface area contributed by atoms with Crippen LogP contribution >= 0.6 is 0 Å². The van der Waals surface area contributed by atoms with Gasteiger partial charge < -0.3 is 14.6 Å². The van der Waals surface area contributed by atoms with E-state index < -0.39 is 0 Å². The molecule has 1 N–H and O–H groups in total. The highest BCUT2D eigenvalue weighted by molar-refractivity contribution is 5.84. The number of methoxy groups -OCH3 is 1. The predicted octanol–water partition coefficient (Wildman–Crippen LogP) is 2.26. The minimum Gasteiger partial charge on any atom is -0.384 e. The molecule has 1 amide bonds. The lowest BCUT2D eigenvalue weighted by molar-refractivity contribution is -0.141. The molecule has 1 aromatic rings. The van der Waals surface area contributed by atoms with Gasteiger partial charge in [0.05, 0.1) is 12.0 Å². The number of carbonyl (C=O) groups is 1. The maximum Gasteiger partial charge on any atom is 0.248 e. The van der Waals surface area contributed by atoms with Crippen molar-refractivity contribution in [2.24, 2.45) is 11.3 Å². The standard InChI is InChI=1S/C15H25N3O3/c1-10(2)8-12-17-13(21-18-12)11(3)16-14(19)15(9-20-4)6-5-7-15/h10-11H,5-9H2,1-4H3,(H,16,19). The molecule has 0 saturated heterocycles. The number of amides is 1. The molecule has 1 aliphatic rings. The van der Waals surface area contributed by atoms with Crippen LogP contribution in [0.5, 0.6) is 0 Å². The zero-order chi connectivity index (χ0) is 15.5. The average molecular weight is 295 g/mol. The maximum absolute atomic E-state index is 12.4. The van der Waals surface area contributed by atoms with Crippen molar-refractivity contribution in [1.82, 2.24) is 15.5 Å². The number of hydrogen-bond donors (Lipinski definition) is 1. The van der Waals surface area contributed by atoms with Gasteiger partial charge in [-0.05, 0) is 25.7 Å². The number of aromatic nitrogens is 2. The molecule has 1 aromatic heterocycles. The Morgan fingerprint density at radius 3 is 2.67 bits per heavy atom. The van der Waals surface area contributed by atoms with Gasteiger partial charge in [-0.2, -0.15) is 4.98 Å². The van der Waals surface area contributed by atoms with E-state index in [0.717, 1.165) is 25.7 Å². The highest BCUT2D eigenvalue weighted by atomic mass is 16.5. The second kappa shape index (κ2) is 6.56. The van der Waals surface area contributed by atoms with Crippen molar-refractivity contribution in [3.8, 4) is 0 Å². The van der Waals surface area contributed by atoms with Crippen LogP contribution in [0.3, 0.4) is 0 Å². The van der Waals surface area contributed by atoms with Crippen molar-refractivity contribution in [2.75, 3.05) is 13.7 Å². The molecular formula is C15H25N3O3. The lowest BCUT2D eigenvalue weighted by atomic mass is 9.68. The van der Waals surface area contributed by atoms with E-state index in [1.807, 2.05) is 6.92 Å². The van der Waals surface area contributed by atoms with Gasteiger partial charge in [0.1, 0.15) is 6.04 Å². The molecule has 0 radical (unpaired) electrons. The van der Waals surface area contributed by atoms with Gasteiger partial charge in [0, 0.05) is 13.5 Å². The molecule has 6 heteroatoms. The van der Waals surface area contributed by atoms with Crippen LogP contribution in [0.25, 0.3) is 0 Å². The van der Waals surface area contributed by atoms with Crippen LogP contribution in [-0.4, -0.2) is 29.8 Å². The fraction of sp³-hybridized carbons (Fsp3) is 0.800. The third-order valence-corrected chi connectivity index (χ3v) is 4.01. The fourth-order valence-corrected chi connectivity index (χ4v) is 2.62. The molecule has 21 heavy (non-hydrogen) atoms. The molecule has 1 atom stereocenters. The van der Waals surface area contributed by atoms with Crippen LogP contribution in [0.4, 0.5) is 0 Å². The van der Waals surface area contributed by atoms with E-state index in [0.29, 0.717) is 24.2 Å². The Balaban J connectivity index is 1.95. The van der Waals surface area contributed by atoms with E-state index in [2.05, 4.69) is 29.3 Å². The van der Waals surface area contributed by atoms with Gasteiger partial charge in [0.25, 0.3) is 0 Å². The summed E-state index contributed by atoms with van der Waals surface area (Å²) >= 11 is 0. The number of nitrogens with zero attached hydrogens (tertiary/aromatic N) is 2. The van der Waals surface area contributed by atoms with E-state index in [-0.39, 0.29) is 17.4 Å². The van der Waals surface area contributed by atoms with Gasteiger partial charge in [-0.1, -0.05) is 25.4 Å². The predicted molar refractivity (Wildman–Crippen MR) is 77.6 cm³/mol. The van der Waals surface area contributed by atoms with Crippen LogP contribution in [0, 0.1) is 11.3 Å². The molecule has 0 spiro atoms. The highest BCUT2D eigenvalue weighted by Gasteiger charge is 2.44. The lowest BCUT2D eigenvalue weighted by Gasteiger charge is -2.39. The Morgan fingerprint density at radius 1 is 1.43 bits per heavy atom. The van der Waals surface area contributed by atoms with Gasteiger partial charge in [-0.25, -0.2) is 0 Å². The minimum atomic E-state index is -0.371. The van der Waals surface area contributed by atoms with Gasteiger partial charge in [-0.3, -0.25) is 4.79 Å². The second-order valence-electron chi connectivity index (χ2n) is 6.41. The SMILES string of the molecule is COCC1(C(=O)NC(C)c2nc(CC(C)C)no2)CCC1. The molecule has 1 unspecified atom stereocenters. The Bertz CT molecular complexity index is 480. The Hall–Kier alpha value is -1.43. The summed E-state index contributed by atoms with van der Waals surface area (Å²) in [5, 5.41) is 6.93. The Labute approximate surface area is 125 Å². The Morgan fingerprint density at radius 2 is 2.14 bits per heavy atom. The quantitative estimate of drug-likeness (QED) is 0.835. The van der Waals surface area contributed by atoms with E-state index in [4.69, 9.17) is 9.26 Å². The molecule has 1 fully saturated rings. The van der Waals surface area contributed by atoms with E-state index in [1.165, 1.54) is 0 Å². The highest BCUT2D eigenvalue weighted by Crippen LogP contribution is 2.41. The van der Waals surface area contributed by atoms with E-state index >= 15 is 0 Å². The van der Waals surface area contributed by atoms with Crippen molar-refractivity contribution in [1.29, 1.82) is 0 Å². The van der Waals surface area contributed by atoms with Gasteiger partial charge in [-0.15, -0.1) is 0 Å². The lowest BCUT2D eigenvalue weighted by Crippen LogP contribution is -2.49. The topological polar surface area (TPSA) is 77.2 Å². The number of carbonyl (C=O) groups excluding carboxylic acids is 1. The van der Waals surface area contributed by atoms with Crippen molar-refractivity contribution < 1.29 is 14.1 Å². The molecule has 118 valence electrons. The van der Waals surface area contributed by atoms with Crippen molar-refractivity contribution in [3.05, 3.63) is 11.7 Å². The zero-order valence-electron chi connectivity index (χ0n) is 13.3. The molecule has 1 heterocycles. The average Bonchev–Trinajstić information content (AvgIpc) is 2.81. The monoisotopic (exact) mass is 295 g/mol. The van der Waals surface area contributed by atoms with Crippen LogP contribution < -0.4 is 5.32 Å². The first-order valence-electron chi connectivity index (χ1n) is 7.59. The number of hydrogen-bond acceptors (Lipinski definition) is 5. The van der Waals surface area contributed by atoms with Crippen LogP contribution in [0.2, 0.25) is 0 Å². The summed E-state index contributed by atoms with van der Waals surface area (Å²) in [4.78, 5) is 16.8. The maximum atomic E-state index is 12.4. The number of nitrogens with one attached hydrogen (secondary N) is 1. The molecule has 1 saturated carbocycles. The molecule has 0 aromatic carbocycles. The van der Waals surface area contributed by atoms with Crippen LogP contribution in [-0.2, 0) is 16.0 Å². The van der Waals surface area contributed by atoms with Crippen LogP contribution in [0.15, 0.2) is 4.52 Å². The minimum absolute atomic E-state index is 0.0201. The first kappa shape index (κ1) is 15.9. The smallest absolute Gasteiger partial charge is 0.248 e. The summed E-state index contributed by atoms with van der Waals surface area (Å²) in [5.41, 5.74) is -0.371. The molecule has 6 nitrogen and oxygen atoms in total. The molecule has 1 aliphatic carbocycles. The van der Waals surface area contributed by atoms with Crippen molar-refractivity contribution in [3.63, 3.8) is 0 Å². The fourth-order valence-electron chi connectivity index (χ4n) is 2.62. The van der Waals surface area contributed by atoms with Gasteiger partial charge >= 0.3 is 0 Å². The summed E-state index contributed by atoms with van der Waals surface area (Å²) in [6.07, 6.45) is 3.60. The Kier molecular flexibility index (Phi) is 4.98. The van der Waals surface area contributed by atoms with Gasteiger partial charge in [0.2, 0.25) is 11.8 Å². The summed E-state index contributed by atoms with van der Waals surface area (Å²) in [6, 6.07) is -0.278. The number of ether oxygens (including phenoxy) is 1. The third kappa shape index (κ3) is 3.61. The normalized spacial score (nSPS) is 18.3. The third-order valence-electron chi connectivity index (χ3n) is 4.01. The number of rotatable bonds is 7. The van der Waals surface area contributed by atoms with E-state index in [1.54, 1.807) is 7.11 Å². The van der Waals surface area contributed by atoms with Gasteiger partial charge in [0.15, 0.2) is 5.82 Å². The summed E-state index contributed by atoms with van der Waals surface area (Å²) < 4.78 is 10.4. The van der Waals surface area contributed by atoms with Crippen molar-refractivity contribution in [2.45, 2.75) is 52.5 Å². The second-order valence-corrected chi connectivity index (χ2v) is 6.41. The first-order chi connectivity index (χ1) is 9.97. The molecule has 0 bridgehead atoms. The molecule has 0 aliphatic heterocycles. The molecule has 2 rings (SSSR count). The summed E-state index contributed by atoms with van der Waals surface area (Å²) in [5.74, 6) is 1.65. The van der Waals surface area contributed by atoms with Crippen molar-refractivity contribution >= 4 is 5.91 Å². The summed E-state index contributed by atoms with van der Waals surface area (Å²) in [6.45, 7) is 6.54.